The Hall–Kier alpha value is 0.996. The van der Waals surface area contributed by atoms with E-state index < -0.39 is 5.54 Å². The summed E-state index contributed by atoms with van der Waals surface area (Å²) in [6.07, 6.45) is 10.5. The number of rotatable bonds is 14. The number of aldehydes is 1. The molecule has 1 atom stereocenters. The van der Waals surface area contributed by atoms with Gasteiger partial charge in [-0.1, -0.05) is 66.4 Å². The first-order chi connectivity index (χ1) is 12.4. The zero-order valence-electron chi connectivity index (χ0n) is 19.4. The summed E-state index contributed by atoms with van der Waals surface area (Å²) in [5.74, 6) is 1.20. The van der Waals surface area contributed by atoms with Crippen molar-refractivity contribution < 1.29 is 56.2 Å². The Morgan fingerprint density at radius 3 is 2.00 bits per heavy atom. The van der Waals surface area contributed by atoms with E-state index in [1.54, 1.807) is 6.26 Å². The van der Waals surface area contributed by atoms with E-state index in [4.69, 9.17) is 0 Å². The van der Waals surface area contributed by atoms with Crippen LogP contribution in [0.1, 0.15) is 79.1 Å². The summed E-state index contributed by atoms with van der Waals surface area (Å²) < 4.78 is 0. The van der Waals surface area contributed by atoms with E-state index in [-0.39, 0.29) is 51.4 Å². The SMILES string of the molecule is C=C(NC(C=O)(CCCC)CCCC)N(C)CCC([CH2-])C[CH2-].CC.C[S-].[K+]. The van der Waals surface area contributed by atoms with E-state index >= 15 is 0 Å². The van der Waals surface area contributed by atoms with E-state index in [1.807, 2.05) is 20.9 Å². The Balaban J connectivity index is -0.000000492. The summed E-state index contributed by atoms with van der Waals surface area (Å²) in [5, 5.41) is 3.42. The van der Waals surface area contributed by atoms with Crippen LogP contribution in [0.15, 0.2) is 12.4 Å². The molecule has 0 aromatic carbocycles. The molecule has 0 saturated carbocycles. The van der Waals surface area contributed by atoms with E-state index in [0.717, 1.165) is 70.0 Å². The van der Waals surface area contributed by atoms with Crippen LogP contribution in [-0.2, 0) is 17.4 Å². The summed E-state index contributed by atoms with van der Waals surface area (Å²) >= 11 is 4.08. The van der Waals surface area contributed by atoms with Gasteiger partial charge in [-0.3, -0.25) is 0 Å². The summed E-state index contributed by atoms with van der Waals surface area (Å²) in [6, 6.07) is 0. The van der Waals surface area contributed by atoms with Gasteiger partial charge in [-0.15, -0.1) is 0 Å². The second kappa shape index (κ2) is 25.0. The molecular weight excluding hydrogens is 379 g/mol. The average molecular weight is 425 g/mol. The van der Waals surface area contributed by atoms with Crippen molar-refractivity contribution in [1.82, 2.24) is 10.2 Å². The monoisotopic (exact) mass is 424 g/mol. The van der Waals surface area contributed by atoms with Gasteiger partial charge in [0.1, 0.15) is 6.29 Å². The van der Waals surface area contributed by atoms with E-state index in [2.05, 4.69) is 57.1 Å². The summed E-state index contributed by atoms with van der Waals surface area (Å²) in [7, 11) is 2.01. The van der Waals surface area contributed by atoms with Crippen molar-refractivity contribution >= 4 is 18.9 Å². The van der Waals surface area contributed by atoms with Crippen molar-refractivity contribution in [2.75, 3.05) is 19.8 Å². The normalized spacial score (nSPS) is 10.9. The van der Waals surface area contributed by atoms with Crippen molar-refractivity contribution in [3.05, 3.63) is 26.2 Å². The topological polar surface area (TPSA) is 32.3 Å². The molecule has 0 spiro atoms. The molecule has 158 valence electrons. The molecule has 0 aromatic heterocycles. The molecule has 0 amide bonds. The number of nitrogens with zero attached hydrogens (tertiary/aromatic N) is 1. The minimum absolute atomic E-state index is 0. The van der Waals surface area contributed by atoms with Gasteiger partial charge in [0.05, 0.1) is 11.4 Å². The Kier molecular flexibility index (Phi) is 32.9. The number of carbonyl (C=O) groups is 1. The number of nitrogens with one attached hydrogen (secondary N) is 1. The standard InChI is InChI=1S/C19H36N2O.C2H6.CH4S.K/c1-7-10-13-19(16-22,14-11-8-2)20-18(5)21(6)15-12-17(4)9-3;2*1-2;/h16-17,20H,3-5,7-15H2,1-2,6H3;1-2H3;2H,1H3;/q-2;;;+1/p-1. The first kappa shape index (κ1) is 35.4. The third-order valence-corrected chi connectivity index (χ3v) is 4.31. The van der Waals surface area contributed by atoms with Gasteiger partial charge >= 0.3 is 51.4 Å². The number of hydrogen-bond acceptors (Lipinski definition) is 4. The molecular formula is C22H45KN2OS-2. The molecule has 0 bridgehead atoms. The van der Waals surface area contributed by atoms with Crippen molar-refractivity contribution in [2.45, 2.75) is 84.6 Å². The molecule has 1 unspecified atom stereocenters. The minimum Gasteiger partial charge on any atom is -0.796 e. The van der Waals surface area contributed by atoms with Crippen molar-refractivity contribution in [3.63, 3.8) is 0 Å². The van der Waals surface area contributed by atoms with Crippen molar-refractivity contribution in [2.24, 2.45) is 5.92 Å². The van der Waals surface area contributed by atoms with Crippen LogP contribution in [0.5, 0.6) is 0 Å². The zero-order valence-corrected chi connectivity index (χ0v) is 23.3. The molecule has 0 aliphatic rings. The van der Waals surface area contributed by atoms with E-state index in [1.165, 1.54) is 0 Å². The van der Waals surface area contributed by atoms with Crippen LogP contribution in [0.4, 0.5) is 0 Å². The van der Waals surface area contributed by atoms with Gasteiger partial charge in [-0.25, -0.2) is 6.42 Å². The maximum Gasteiger partial charge on any atom is 1.00 e. The maximum absolute atomic E-state index is 11.8. The molecule has 0 saturated heterocycles. The van der Waals surface area contributed by atoms with Crippen LogP contribution in [0, 0.1) is 19.8 Å². The van der Waals surface area contributed by atoms with Gasteiger partial charge in [0.15, 0.2) is 0 Å². The molecule has 0 radical (unpaired) electrons. The molecule has 0 fully saturated rings. The van der Waals surface area contributed by atoms with Crippen LogP contribution in [0.2, 0.25) is 0 Å². The van der Waals surface area contributed by atoms with Crippen LogP contribution < -0.4 is 56.7 Å². The molecule has 3 nitrogen and oxygen atoms in total. The molecule has 27 heavy (non-hydrogen) atoms. The van der Waals surface area contributed by atoms with Gasteiger partial charge in [-0.2, -0.15) is 12.2 Å². The predicted octanol–water partition coefficient (Wildman–Crippen LogP) is 2.55. The maximum atomic E-state index is 11.8. The Morgan fingerprint density at radius 1 is 1.22 bits per heavy atom. The average Bonchev–Trinajstić information content (AvgIpc) is 2.70. The smallest absolute Gasteiger partial charge is 0.796 e. The van der Waals surface area contributed by atoms with E-state index in [0.29, 0.717) is 5.92 Å². The second-order valence-electron chi connectivity index (χ2n) is 6.42. The van der Waals surface area contributed by atoms with Gasteiger partial charge in [0.25, 0.3) is 0 Å². The summed E-state index contributed by atoms with van der Waals surface area (Å²) in [4.78, 5) is 13.9. The molecule has 1 N–H and O–H groups in total. The van der Waals surface area contributed by atoms with E-state index in [9.17, 15) is 4.79 Å². The van der Waals surface area contributed by atoms with Gasteiger partial charge in [0.2, 0.25) is 0 Å². The largest absolute Gasteiger partial charge is 1.00 e. The number of unbranched alkanes of at least 4 members (excludes halogenated alkanes) is 2. The van der Waals surface area contributed by atoms with Gasteiger partial charge in [0, 0.05) is 13.6 Å². The Labute approximate surface area is 219 Å². The van der Waals surface area contributed by atoms with Crippen LogP contribution in [0.3, 0.4) is 0 Å². The zero-order chi connectivity index (χ0) is 21.0. The van der Waals surface area contributed by atoms with Crippen molar-refractivity contribution in [3.8, 4) is 0 Å². The molecule has 5 heteroatoms. The van der Waals surface area contributed by atoms with Crippen LogP contribution in [0.25, 0.3) is 0 Å². The fraction of sp³-hybridized carbons (Fsp3) is 0.773. The van der Waals surface area contributed by atoms with Crippen LogP contribution >= 0.6 is 0 Å². The number of carbonyl (C=O) groups excluding carboxylic acids is 1. The Morgan fingerprint density at radius 2 is 1.67 bits per heavy atom. The number of hydrogen-bond donors (Lipinski definition) is 1. The predicted molar refractivity (Wildman–Crippen MR) is 121 cm³/mol. The quantitative estimate of drug-likeness (QED) is 0.201. The van der Waals surface area contributed by atoms with Crippen LogP contribution in [-0.4, -0.2) is 36.6 Å². The molecule has 0 heterocycles. The molecule has 0 aliphatic carbocycles. The Bertz CT molecular complexity index is 319. The summed E-state index contributed by atoms with van der Waals surface area (Å²) in [5.41, 5.74) is -0.465. The second-order valence-corrected chi connectivity index (χ2v) is 6.42. The first-order valence-electron chi connectivity index (χ1n) is 10.1. The minimum atomic E-state index is -0.465. The fourth-order valence-electron chi connectivity index (χ4n) is 2.42. The fourth-order valence-corrected chi connectivity index (χ4v) is 2.42. The molecule has 0 aromatic rings. The third kappa shape index (κ3) is 18.7. The summed E-state index contributed by atoms with van der Waals surface area (Å²) in [6.45, 7) is 21.3. The third-order valence-electron chi connectivity index (χ3n) is 4.31. The van der Waals surface area contributed by atoms with Gasteiger partial charge in [-0.05, 0) is 12.8 Å². The first-order valence-corrected chi connectivity index (χ1v) is 10.9. The van der Waals surface area contributed by atoms with Gasteiger partial charge < -0.3 is 41.5 Å². The molecule has 0 aliphatic heterocycles. The molecule has 0 rings (SSSR count). The van der Waals surface area contributed by atoms with Crippen molar-refractivity contribution in [1.29, 1.82) is 0 Å².